The number of allylic oxidation sites excluding steroid dienone is 1. The van der Waals surface area contributed by atoms with Crippen molar-refractivity contribution in [3.63, 3.8) is 0 Å². The van der Waals surface area contributed by atoms with Crippen molar-refractivity contribution in [2.24, 2.45) is 5.16 Å². The number of hydrogen-bond donors (Lipinski definition) is 0. The molecule has 0 amide bonds. The maximum Gasteiger partial charge on any atom is 0.125 e. The van der Waals surface area contributed by atoms with Crippen LogP contribution < -0.4 is 14.2 Å². The van der Waals surface area contributed by atoms with Crippen molar-refractivity contribution in [2.75, 3.05) is 26.9 Å². The van der Waals surface area contributed by atoms with Crippen LogP contribution in [0.5, 0.6) is 17.2 Å². The maximum atomic E-state index is 6.32. The van der Waals surface area contributed by atoms with Crippen LogP contribution in [0.2, 0.25) is 5.02 Å². The standard InChI is InChI=1S/C25H32ClNO4/c1-6-7-12-30-22-15-18(2)25(19(3)16-22)31-14-9-8-13-29-21-10-11-23(24(26)17-21)20(4)27-28-5/h6-7,10-11,15-17H,8-9,12-14H2,1-5H3/b7-6+,27-20+. The zero-order valence-electron chi connectivity index (χ0n) is 19.0. The first-order valence-corrected chi connectivity index (χ1v) is 10.8. The molecule has 168 valence electrons. The van der Waals surface area contributed by atoms with Crippen molar-refractivity contribution >= 4 is 17.3 Å². The van der Waals surface area contributed by atoms with Gasteiger partial charge in [-0.15, -0.1) is 0 Å². The summed E-state index contributed by atoms with van der Waals surface area (Å²) in [5.41, 5.74) is 3.70. The molecule has 2 aromatic carbocycles. The number of unbranched alkanes of at least 4 members (excludes halogenated alkanes) is 1. The monoisotopic (exact) mass is 445 g/mol. The van der Waals surface area contributed by atoms with Gasteiger partial charge in [0.25, 0.3) is 0 Å². The third kappa shape index (κ3) is 7.83. The van der Waals surface area contributed by atoms with Gasteiger partial charge in [-0.3, -0.25) is 0 Å². The predicted octanol–water partition coefficient (Wildman–Crippen LogP) is 6.52. The molecule has 0 radical (unpaired) electrons. The van der Waals surface area contributed by atoms with Crippen LogP contribution in [0.3, 0.4) is 0 Å². The van der Waals surface area contributed by atoms with Gasteiger partial charge in [-0.05, 0) is 82.0 Å². The maximum absolute atomic E-state index is 6.32. The van der Waals surface area contributed by atoms with Gasteiger partial charge in [0.15, 0.2) is 0 Å². The highest BCUT2D eigenvalue weighted by molar-refractivity contribution is 6.34. The molecule has 2 rings (SSSR count). The summed E-state index contributed by atoms with van der Waals surface area (Å²) in [4.78, 5) is 4.80. The first kappa shape index (κ1) is 24.6. The van der Waals surface area contributed by atoms with E-state index in [9.17, 15) is 0 Å². The lowest BCUT2D eigenvalue weighted by Crippen LogP contribution is -2.05. The van der Waals surface area contributed by atoms with Gasteiger partial charge in [-0.1, -0.05) is 28.9 Å². The fraction of sp³-hybridized carbons (Fsp3) is 0.400. The van der Waals surface area contributed by atoms with E-state index in [2.05, 4.69) is 5.16 Å². The van der Waals surface area contributed by atoms with Gasteiger partial charge in [0, 0.05) is 5.56 Å². The third-order valence-electron chi connectivity index (χ3n) is 4.63. The number of ether oxygens (including phenoxy) is 3. The molecule has 0 bridgehead atoms. The highest BCUT2D eigenvalue weighted by atomic mass is 35.5. The van der Waals surface area contributed by atoms with Crippen LogP contribution in [-0.2, 0) is 4.84 Å². The lowest BCUT2D eigenvalue weighted by Gasteiger charge is -2.14. The summed E-state index contributed by atoms with van der Waals surface area (Å²) in [7, 11) is 1.51. The quantitative estimate of drug-likeness (QED) is 0.161. The number of halogens is 1. The molecule has 5 nitrogen and oxygen atoms in total. The molecular formula is C25H32ClNO4. The molecule has 0 aromatic heterocycles. The minimum absolute atomic E-state index is 0.573. The van der Waals surface area contributed by atoms with E-state index in [-0.39, 0.29) is 0 Å². The zero-order chi connectivity index (χ0) is 22.6. The second-order valence-electron chi connectivity index (χ2n) is 7.17. The van der Waals surface area contributed by atoms with Crippen LogP contribution in [-0.4, -0.2) is 32.6 Å². The second-order valence-corrected chi connectivity index (χ2v) is 7.58. The van der Waals surface area contributed by atoms with Crippen molar-refractivity contribution in [3.8, 4) is 17.2 Å². The van der Waals surface area contributed by atoms with E-state index >= 15 is 0 Å². The van der Waals surface area contributed by atoms with Crippen LogP contribution >= 0.6 is 11.6 Å². The molecule has 31 heavy (non-hydrogen) atoms. The molecule has 0 atom stereocenters. The van der Waals surface area contributed by atoms with E-state index in [0.717, 1.165) is 52.5 Å². The van der Waals surface area contributed by atoms with E-state index in [0.29, 0.717) is 24.8 Å². The number of hydrogen-bond acceptors (Lipinski definition) is 5. The average molecular weight is 446 g/mol. The highest BCUT2D eigenvalue weighted by Gasteiger charge is 2.08. The molecule has 0 heterocycles. The Morgan fingerprint density at radius 2 is 1.65 bits per heavy atom. The van der Waals surface area contributed by atoms with E-state index in [1.54, 1.807) is 6.07 Å². The predicted molar refractivity (Wildman–Crippen MR) is 127 cm³/mol. The van der Waals surface area contributed by atoms with Crippen LogP contribution in [0.4, 0.5) is 0 Å². The zero-order valence-corrected chi connectivity index (χ0v) is 19.8. The van der Waals surface area contributed by atoms with Crippen LogP contribution in [0, 0.1) is 13.8 Å². The SMILES string of the molecule is C/C=C/COc1cc(C)c(OCCCCOc2ccc(/C(C)=N/OC)c(Cl)c2)c(C)c1. The van der Waals surface area contributed by atoms with Gasteiger partial charge in [0.1, 0.15) is 31.0 Å². The van der Waals surface area contributed by atoms with E-state index in [1.807, 2.05) is 64.1 Å². The van der Waals surface area contributed by atoms with Crippen molar-refractivity contribution in [3.05, 3.63) is 64.2 Å². The van der Waals surface area contributed by atoms with Crippen molar-refractivity contribution in [2.45, 2.75) is 40.5 Å². The molecule has 0 saturated heterocycles. The Bertz CT molecular complexity index is 885. The fourth-order valence-electron chi connectivity index (χ4n) is 3.10. The molecule has 0 saturated carbocycles. The average Bonchev–Trinajstić information content (AvgIpc) is 2.72. The van der Waals surface area contributed by atoms with E-state index in [1.165, 1.54) is 7.11 Å². The first-order valence-electron chi connectivity index (χ1n) is 10.4. The summed E-state index contributed by atoms with van der Waals surface area (Å²) in [6, 6.07) is 9.60. The molecular weight excluding hydrogens is 414 g/mol. The van der Waals surface area contributed by atoms with Gasteiger partial charge in [-0.25, -0.2) is 0 Å². The fourth-order valence-corrected chi connectivity index (χ4v) is 3.40. The summed E-state index contributed by atoms with van der Waals surface area (Å²) in [6.45, 7) is 9.72. The summed E-state index contributed by atoms with van der Waals surface area (Å²) < 4.78 is 17.5. The third-order valence-corrected chi connectivity index (χ3v) is 4.94. The van der Waals surface area contributed by atoms with Crippen LogP contribution in [0.25, 0.3) is 0 Å². The lowest BCUT2D eigenvalue weighted by molar-refractivity contribution is 0.213. The largest absolute Gasteiger partial charge is 0.494 e. The minimum atomic E-state index is 0.573. The number of rotatable bonds is 12. The van der Waals surface area contributed by atoms with Gasteiger partial charge in [0.2, 0.25) is 0 Å². The van der Waals surface area contributed by atoms with Crippen molar-refractivity contribution in [1.82, 2.24) is 0 Å². The van der Waals surface area contributed by atoms with Crippen molar-refractivity contribution < 1.29 is 19.0 Å². The van der Waals surface area contributed by atoms with E-state index < -0.39 is 0 Å². The number of oxime groups is 1. The highest BCUT2D eigenvalue weighted by Crippen LogP contribution is 2.29. The first-order chi connectivity index (χ1) is 15.0. The Balaban J connectivity index is 1.76. The number of benzene rings is 2. The van der Waals surface area contributed by atoms with Gasteiger partial charge < -0.3 is 19.0 Å². The van der Waals surface area contributed by atoms with Crippen LogP contribution in [0.15, 0.2) is 47.6 Å². The molecule has 0 aliphatic heterocycles. The Kier molecular flexibility index (Phi) is 10.2. The molecule has 0 aliphatic rings. The summed E-state index contributed by atoms with van der Waals surface area (Å²) in [5.74, 6) is 2.53. The van der Waals surface area contributed by atoms with Crippen LogP contribution in [0.1, 0.15) is 43.4 Å². The smallest absolute Gasteiger partial charge is 0.125 e. The Hall–Kier alpha value is -2.66. The lowest BCUT2D eigenvalue weighted by atomic mass is 10.1. The number of aryl methyl sites for hydroxylation is 2. The Morgan fingerprint density at radius 3 is 2.26 bits per heavy atom. The topological polar surface area (TPSA) is 49.3 Å². The molecule has 0 N–H and O–H groups in total. The second kappa shape index (κ2) is 12.9. The molecule has 6 heteroatoms. The minimum Gasteiger partial charge on any atom is -0.494 e. The summed E-state index contributed by atoms with van der Waals surface area (Å²) >= 11 is 6.32. The normalized spacial score (nSPS) is 11.6. The Morgan fingerprint density at radius 1 is 0.968 bits per heavy atom. The Labute approximate surface area is 190 Å². The summed E-state index contributed by atoms with van der Waals surface area (Å²) in [6.07, 6.45) is 5.73. The molecule has 0 fully saturated rings. The summed E-state index contributed by atoms with van der Waals surface area (Å²) in [5, 5.41) is 4.49. The van der Waals surface area contributed by atoms with Gasteiger partial charge >= 0.3 is 0 Å². The molecule has 0 spiro atoms. The van der Waals surface area contributed by atoms with E-state index in [4.69, 9.17) is 30.6 Å². The van der Waals surface area contributed by atoms with Gasteiger partial charge in [0.05, 0.1) is 23.9 Å². The molecule has 0 aliphatic carbocycles. The number of nitrogens with zero attached hydrogens (tertiary/aromatic N) is 1. The van der Waals surface area contributed by atoms with Crippen molar-refractivity contribution in [1.29, 1.82) is 0 Å². The van der Waals surface area contributed by atoms with Gasteiger partial charge in [-0.2, -0.15) is 0 Å². The molecule has 0 unspecified atom stereocenters. The molecule has 2 aromatic rings.